The minimum Gasteiger partial charge on any atom is -0.324 e. The summed E-state index contributed by atoms with van der Waals surface area (Å²) in [5.41, 5.74) is 3.09. The summed E-state index contributed by atoms with van der Waals surface area (Å²) >= 11 is 0. The molecule has 0 aliphatic carbocycles. The maximum absolute atomic E-state index is 12.6. The molecule has 1 atom stereocenters. The number of nitrogens with one attached hydrogen (secondary N) is 1. The fourth-order valence-electron chi connectivity index (χ4n) is 2.77. The van der Waals surface area contributed by atoms with Crippen molar-refractivity contribution in [1.29, 1.82) is 0 Å². The number of nitrogens with zero attached hydrogens (tertiary/aromatic N) is 3. The summed E-state index contributed by atoms with van der Waals surface area (Å²) in [6.07, 6.45) is 4.10. The van der Waals surface area contributed by atoms with Gasteiger partial charge in [-0.3, -0.25) is 9.59 Å². The second kappa shape index (κ2) is 6.31. The van der Waals surface area contributed by atoms with Crippen molar-refractivity contribution in [3.8, 4) is 0 Å². The molecule has 2 heterocycles. The molecule has 6 nitrogen and oxygen atoms in total. The zero-order valence-corrected chi connectivity index (χ0v) is 14.0. The molecule has 0 bridgehead atoms. The lowest BCUT2D eigenvalue weighted by Crippen LogP contribution is -2.34. The van der Waals surface area contributed by atoms with Crippen molar-refractivity contribution in [3.63, 3.8) is 0 Å². The van der Waals surface area contributed by atoms with Gasteiger partial charge in [0.25, 0.3) is 5.56 Å². The molecule has 3 aromatic rings. The predicted molar refractivity (Wildman–Crippen MR) is 93.3 cm³/mol. The first-order valence-corrected chi connectivity index (χ1v) is 7.96. The summed E-state index contributed by atoms with van der Waals surface area (Å²) in [5, 5.41) is 7.06. The molecule has 24 heavy (non-hydrogen) atoms. The Kier molecular flexibility index (Phi) is 4.20. The molecule has 0 saturated heterocycles. The van der Waals surface area contributed by atoms with Crippen LogP contribution in [0.4, 0.5) is 5.69 Å². The van der Waals surface area contributed by atoms with E-state index in [0.29, 0.717) is 5.52 Å². The van der Waals surface area contributed by atoms with Gasteiger partial charge in [-0.15, -0.1) is 0 Å². The minimum atomic E-state index is -0.707. The van der Waals surface area contributed by atoms with Crippen molar-refractivity contribution >= 4 is 17.1 Å². The number of aryl methyl sites for hydroxylation is 2. The molecule has 124 valence electrons. The van der Waals surface area contributed by atoms with E-state index in [2.05, 4.69) is 10.4 Å². The summed E-state index contributed by atoms with van der Waals surface area (Å²) in [6.45, 7) is 5.67. The Balaban J connectivity index is 1.92. The van der Waals surface area contributed by atoms with Gasteiger partial charge >= 0.3 is 0 Å². The Morgan fingerprint density at radius 1 is 1.29 bits per heavy atom. The fourth-order valence-corrected chi connectivity index (χ4v) is 2.77. The van der Waals surface area contributed by atoms with Crippen LogP contribution in [-0.2, 0) is 11.2 Å². The first-order valence-electron chi connectivity index (χ1n) is 7.96. The van der Waals surface area contributed by atoms with Gasteiger partial charge in [0, 0.05) is 11.9 Å². The molecule has 3 rings (SSSR count). The summed E-state index contributed by atoms with van der Waals surface area (Å²) in [6, 6.07) is 8.69. The van der Waals surface area contributed by atoms with Gasteiger partial charge in [0.1, 0.15) is 17.9 Å². The summed E-state index contributed by atoms with van der Waals surface area (Å²) in [7, 11) is 0. The van der Waals surface area contributed by atoms with E-state index in [1.807, 2.05) is 32.0 Å². The quantitative estimate of drug-likeness (QED) is 0.802. The lowest BCUT2D eigenvalue weighted by Gasteiger charge is -2.17. The Hall–Kier alpha value is -2.89. The van der Waals surface area contributed by atoms with Gasteiger partial charge in [-0.05, 0) is 43.5 Å². The molecule has 1 unspecified atom stereocenters. The van der Waals surface area contributed by atoms with Crippen LogP contribution in [0.15, 0.2) is 47.7 Å². The second-order valence-electron chi connectivity index (χ2n) is 5.81. The molecule has 2 aromatic heterocycles. The molecule has 0 saturated carbocycles. The van der Waals surface area contributed by atoms with E-state index in [-0.39, 0.29) is 11.5 Å². The van der Waals surface area contributed by atoms with Crippen molar-refractivity contribution in [2.75, 3.05) is 5.32 Å². The van der Waals surface area contributed by atoms with Crippen molar-refractivity contribution in [2.24, 2.45) is 0 Å². The highest BCUT2D eigenvalue weighted by Crippen LogP contribution is 2.22. The minimum absolute atomic E-state index is 0.260. The number of fused-ring (bicyclic) bond motifs is 1. The molecule has 0 spiro atoms. The zero-order chi connectivity index (χ0) is 17.3. The van der Waals surface area contributed by atoms with Crippen LogP contribution in [0.25, 0.3) is 5.52 Å². The van der Waals surface area contributed by atoms with Crippen LogP contribution < -0.4 is 10.9 Å². The van der Waals surface area contributed by atoms with Crippen LogP contribution in [0, 0.1) is 6.92 Å². The van der Waals surface area contributed by atoms with E-state index in [1.165, 1.54) is 11.0 Å². The van der Waals surface area contributed by atoms with E-state index in [4.69, 9.17) is 0 Å². The topological polar surface area (TPSA) is 68.4 Å². The molecule has 6 heteroatoms. The highest BCUT2D eigenvalue weighted by atomic mass is 16.2. The third-order valence-corrected chi connectivity index (χ3v) is 4.24. The Labute approximate surface area is 139 Å². The smallest absolute Gasteiger partial charge is 0.291 e. The molecule has 0 fully saturated rings. The van der Waals surface area contributed by atoms with E-state index < -0.39 is 6.04 Å². The van der Waals surface area contributed by atoms with Gasteiger partial charge in [-0.25, -0.2) is 4.68 Å². The maximum Gasteiger partial charge on any atom is 0.291 e. The van der Waals surface area contributed by atoms with Gasteiger partial charge in [-0.1, -0.05) is 25.1 Å². The third-order valence-electron chi connectivity index (χ3n) is 4.24. The van der Waals surface area contributed by atoms with Crippen molar-refractivity contribution in [1.82, 2.24) is 14.2 Å². The van der Waals surface area contributed by atoms with Gasteiger partial charge in [-0.2, -0.15) is 5.10 Å². The van der Waals surface area contributed by atoms with Gasteiger partial charge in [0.15, 0.2) is 0 Å². The van der Waals surface area contributed by atoms with E-state index in [1.54, 1.807) is 29.7 Å². The van der Waals surface area contributed by atoms with Crippen LogP contribution in [0.5, 0.6) is 0 Å². The normalized spacial score (nSPS) is 12.3. The van der Waals surface area contributed by atoms with Crippen LogP contribution in [-0.4, -0.2) is 20.1 Å². The summed E-state index contributed by atoms with van der Waals surface area (Å²) in [4.78, 5) is 25.1. The standard InChI is InChI=1S/C18H20N4O2/c1-4-14-8-5-7-12(2)16(14)20-17(23)13(3)22-18(24)15-9-6-10-21(15)11-19-22/h5-11,13H,4H2,1-3H3,(H,20,23). The van der Waals surface area contributed by atoms with Crippen LogP contribution in [0.1, 0.15) is 31.0 Å². The monoisotopic (exact) mass is 324 g/mol. The highest BCUT2D eigenvalue weighted by molar-refractivity contribution is 5.94. The third kappa shape index (κ3) is 2.71. The molecular weight excluding hydrogens is 304 g/mol. The van der Waals surface area contributed by atoms with Gasteiger partial charge < -0.3 is 9.72 Å². The van der Waals surface area contributed by atoms with Crippen LogP contribution in [0.3, 0.4) is 0 Å². The number of carbonyl (C=O) groups is 1. The number of amides is 1. The number of carbonyl (C=O) groups excluding carboxylic acids is 1. The lowest BCUT2D eigenvalue weighted by atomic mass is 10.1. The molecule has 0 aliphatic heterocycles. The van der Waals surface area contributed by atoms with Crippen molar-refractivity contribution in [3.05, 3.63) is 64.3 Å². The van der Waals surface area contributed by atoms with Crippen molar-refractivity contribution < 1.29 is 4.79 Å². The van der Waals surface area contributed by atoms with Crippen LogP contribution in [0.2, 0.25) is 0 Å². The largest absolute Gasteiger partial charge is 0.324 e. The number of hydrogen-bond acceptors (Lipinski definition) is 3. The van der Waals surface area contributed by atoms with E-state index in [0.717, 1.165) is 23.2 Å². The lowest BCUT2D eigenvalue weighted by molar-refractivity contribution is -0.119. The Morgan fingerprint density at radius 2 is 2.08 bits per heavy atom. The van der Waals surface area contributed by atoms with Crippen LogP contribution >= 0.6 is 0 Å². The number of para-hydroxylation sites is 1. The SMILES string of the molecule is CCc1cccc(C)c1NC(=O)C(C)n1ncn2cccc2c1=O. The summed E-state index contributed by atoms with van der Waals surface area (Å²) in [5.74, 6) is -0.260. The van der Waals surface area contributed by atoms with E-state index >= 15 is 0 Å². The first kappa shape index (κ1) is 16.0. The summed E-state index contributed by atoms with van der Waals surface area (Å²) < 4.78 is 2.86. The fraction of sp³-hybridized carbons (Fsp3) is 0.278. The van der Waals surface area contributed by atoms with Gasteiger partial charge in [0.05, 0.1) is 0 Å². The highest BCUT2D eigenvalue weighted by Gasteiger charge is 2.20. The molecule has 0 aliphatic rings. The zero-order valence-electron chi connectivity index (χ0n) is 14.0. The average molecular weight is 324 g/mol. The number of rotatable bonds is 4. The number of aromatic nitrogens is 3. The van der Waals surface area contributed by atoms with Crippen molar-refractivity contribution in [2.45, 2.75) is 33.2 Å². The Bertz CT molecular complexity index is 955. The van der Waals surface area contributed by atoms with Gasteiger partial charge in [0.2, 0.25) is 5.91 Å². The number of hydrogen-bond donors (Lipinski definition) is 1. The molecule has 1 N–H and O–H groups in total. The molecule has 0 radical (unpaired) electrons. The molecule has 1 amide bonds. The Morgan fingerprint density at radius 3 is 2.83 bits per heavy atom. The first-order chi connectivity index (χ1) is 11.5. The molecule has 1 aromatic carbocycles. The maximum atomic E-state index is 12.6. The number of benzene rings is 1. The molecular formula is C18H20N4O2. The average Bonchev–Trinajstić information content (AvgIpc) is 3.06. The second-order valence-corrected chi connectivity index (χ2v) is 5.81. The number of anilines is 1. The predicted octanol–water partition coefficient (Wildman–Crippen LogP) is 2.57. The van der Waals surface area contributed by atoms with E-state index in [9.17, 15) is 9.59 Å².